The van der Waals surface area contributed by atoms with Gasteiger partial charge in [0.15, 0.2) is 0 Å². The maximum atomic E-state index is 13.0. The third-order valence-corrected chi connectivity index (χ3v) is 3.14. The van der Waals surface area contributed by atoms with Gasteiger partial charge in [-0.2, -0.15) is 0 Å². The molecule has 1 N–H and O–H groups in total. The number of halogens is 2. The average Bonchev–Trinajstić information content (AvgIpc) is 2.37. The Balaban J connectivity index is 2.23. The first-order valence-electron chi connectivity index (χ1n) is 5.90. The Morgan fingerprint density at radius 3 is 2.57 bits per heavy atom. The summed E-state index contributed by atoms with van der Waals surface area (Å²) in [6.07, 6.45) is 0. The van der Waals surface area contributed by atoms with Crippen LogP contribution < -0.4 is 5.32 Å². The predicted octanol–water partition coefficient (Wildman–Crippen LogP) is 3.95. The van der Waals surface area contributed by atoms with Gasteiger partial charge >= 0.3 is 0 Å². The van der Waals surface area contributed by atoms with Crippen LogP contribution in [0.4, 0.5) is 15.8 Å². The van der Waals surface area contributed by atoms with E-state index in [-0.39, 0.29) is 10.7 Å². The SMILES string of the molecule is Cc1cc(F)ccc1C(=O)Nc1ccc([N+](=O)[O-])c(Cl)c1. The van der Waals surface area contributed by atoms with Crippen molar-refractivity contribution in [3.63, 3.8) is 0 Å². The summed E-state index contributed by atoms with van der Waals surface area (Å²) in [5.74, 6) is -0.875. The molecule has 0 radical (unpaired) electrons. The van der Waals surface area contributed by atoms with E-state index in [1.165, 1.54) is 36.4 Å². The minimum atomic E-state index is -0.613. The van der Waals surface area contributed by atoms with Crippen LogP contribution in [-0.2, 0) is 0 Å². The van der Waals surface area contributed by atoms with Gasteiger partial charge in [-0.05, 0) is 42.8 Å². The molecule has 0 aliphatic carbocycles. The number of aryl methyl sites for hydroxylation is 1. The van der Waals surface area contributed by atoms with E-state index >= 15 is 0 Å². The summed E-state index contributed by atoms with van der Waals surface area (Å²) in [7, 11) is 0. The fraction of sp³-hybridized carbons (Fsp3) is 0.0714. The first-order valence-corrected chi connectivity index (χ1v) is 6.27. The summed E-state index contributed by atoms with van der Waals surface area (Å²) < 4.78 is 13.0. The topological polar surface area (TPSA) is 72.2 Å². The fourth-order valence-electron chi connectivity index (χ4n) is 1.81. The normalized spacial score (nSPS) is 10.2. The largest absolute Gasteiger partial charge is 0.322 e. The highest BCUT2D eigenvalue weighted by molar-refractivity contribution is 6.33. The van der Waals surface area contributed by atoms with Gasteiger partial charge in [0.1, 0.15) is 10.8 Å². The zero-order valence-electron chi connectivity index (χ0n) is 10.9. The number of amides is 1. The highest BCUT2D eigenvalue weighted by atomic mass is 35.5. The third kappa shape index (κ3) is 3.35. The van der Waals surface area contributed by atoms with Crippen LogP contribution in [0.15, 0.2) is 36.4 Å². The number of nitrogens with one attached hydrogen (secondary N) is 1. The number of hydrogen-bond acceptors (Lipinski definition) is 3. The van der Waals surface area contributed by atoms with Crippen LogP contribution in [0.5, 0.6) is 0 Å². The summed E-state index contributed by atoms with van der Waals surface area (Å²) in [5.41, 5.74) is 0.873. The first kappa shape index (κ1) is 14.9. The van der Waals surface area contributed by atoms with Crippen molar-refractivity contribution in [3.05, 3.63) is 68.5 Å². The molecule has 1 amide bonds. The molecule has 2 aromatic rings. The Hall–Kier alpha value is -2.47. The van der Waals surface area contributed by atoms with Crippen molar-refractivity contribution in [2.75, 3.05) is 5.32 Å². The van der Waals surface area contributed by atoms with Crippen molar-refractivity contribution in [1.82, 2.24) is 0 Å². The molecular formula is C14H10ClFN2O3. The van der Waals surface area contributed by atoms with Gasteiger partial charge in [0.05, 0.1) is 4.92 Å². The Labute approximate surface area is 124 Å². The van der Waals surface area contributed by atoms with E-state index in [0.29, 0.717) is 16.8 Å². The standard InChI is InChI=1S/C14H10ClFN2O3/c1-8-6-9(16)2-4-11(8)14(19)17-10-3-5-13(18(20)21)12(15)7-10/h2-7H,1H3,(H,17,19). The Morgan fingerprint density at radius 2 is 2.00 bits per heavy atom. The van der Waals surface area contributed by atoms with Crippen molar-refractivity contribution < 1.29 is 14.1 Å². The minimum absolute atomic E-state index is 0.0753. The number of nitrogens with zero attached hydrogens (tertiary/aromatic N) is 1. The number of rotatable bonds is 3. The Kier molecular flexibility index (Phi) is 4.18. The molecule has 0 saturated heterocycles. The van der Waals surface area contributed by atoms with E-state index < -0.39 is 16.6 Å². The second-order valence-electron chi connectivity index (χ2n) is 4.34. The van der Waals surface area contributed by atoms with Crippen molar-refractivity contribution in [2.24, 2.45) is 0 Å². The summed E-state index contributed by atoms with van der Waals surface area (Å²) >= 11 is 5.76. The lowest BCUT2D eigenvalue weighted by Gasteiger charge is -2.08. The van der Waals surface area contributed by atoms with Crippen molar-refractivity contribution in [2.45, 2.75) is 6.92 Å². The van der Waals surface area contributed by atoms with Gasteiger partial charge in [0.2, 0.25) is 0 Å². The predicted molar refractivity (Wildman–Crippen MR) is 77.2 cm³/mol. The molecule has 0 heterocycles. The number of benzene rings is 2. The highest BCUT2D eigenvalue weighted by Gasteiger charge is 2.14. The molecule has 0 spiro atoms. The molecule has 2 aromatic carbocycles. The number of nitro groups is 1. The summed E-state index contributed by atoms with van der Waals surface area (Å²) in [6.45, 7) is 1.61. The van der Waals surface area contributed by atoms with Crippen molar-refractivity contribution >= 4 is 28.9 Å². The van der Waals surface area contributed by atoms with Gasteiger partial charge in [-0.25, -0.2) is 4.39 Å². The molecule has 2 rings (SSSR count). The second kappa shape index (κ2) is 5.88. The molecular weight excluding hydrogens is 299 g/mol. The lowest BCUT2D eigenvalue weighted by atomic mass is 10.1. The van der Waals surface area contributed by atoms with E-state index in [2.05, 4.69) is 5.32 Å². The van der Waals surface area contributed by atoms with Gasteiger partial charge in [-0.3, -0.25) is 14.9 Å². The number of anilines is 1. The average molecular weight is 309 g/mol. The maximum Gasteiger partial charge on any atom is 0.288 e. The fourth-order valence-corrected chi connectivity index (χ4v) is 2.06. The number of carbonyl (C=O) groups excluding carboxylic acids is 1. The van der Waals surface area contributed by atoms with Gasteiger partial charge < -0.3 is 5.32 Å². The molecule has 0 bridgehead atoms. The van der Waals surface area contributed by atoms with E-state index in [4.69, 9.17) is 11.6 Å². The lowest BCUT2D eigenvalue weighted by Crippen LogP contribution is -2.13. The van der Waals surface area contributed by atoms with Crippen LogP contribution in [0.3, 0.4) is 0 Å². The second-order valence-corrected chi connectivity index (χ2v) is 4.74. The monoisotopic (exact) mass is 308 g/mol. The Bertz CT molecular complexity index is 734. The molecule has 108 valence electrons. The van der Waals surface area contributed by atoms with Crippen LogP contribution in [0.1, 0.15) is 15.9 Å². The van der Waals surface area contributed by atoms with E-state index in [1.54, 1.807) is 6.92 Å². The molecule has 0 aromatic heterocycles. The highest BCUT2D eigenvalue weighted by Crippen LogP contribution is 2.27. The molecule has 7 heteroatoms. The van der Waals surface area contributed by atoms with Gasteiger partial charge in [0.25, 0.3) is 11.6 Å². The molecule has 0 aliphatic rings. The van der Waals surface area contributed by atoms with Crippen molar-refractivity contribution in [1.29, 1.82) is 0 Å². The molecule has 0 saturated carbocycles. The number of hydrogen-bond donors (Lipinski definition) is 1. The lowest BCUT2D eigenvalue weighted by molar-refractivity contribution is -0.384. The van der Waals surface area contributed by atoms with Crippen LogP contribution >= 0.6 is 11.6 Å². The quantitative estimate of drug-likeness (QED) is 0.689. The molecule has 0 aliphatic heterocycles. The molecule has 5 nitrogen and oxygen atoms in total. The summed E-state index contributed by atoms with van der Waals surface area (Å²) in [6, 6.07) is 7.67. The van der Waals surface area contributed by atoms with Crippen molar-refractivity contribution in [3.8, 4) is 0 Å². The summed E-state index contributed by atoms with van der Waals surface area (Å²) in [5, 5.41) is 13.1. The van der Waals surface area contributed by atoms with Gasteiger partial charge in [0, 0.05) is 17.3 Å². The van der Waals surface area contributed by atoms with Gasteiger partial charge in [-0.15, -0.1) is 0 Å². The van der Waals surface area contributed by atoms with Crippen LogP contribution in [0, 0.1) is 22.9 Å². The Morgan fingerprint density at radius 1 is 1.29 bits per heavy atom. The van der Waals surface area contributed by atoms with E-state index in [1.807, 2.05) is 0 Å². The zero-order valence-corrected chi connectivity index (χ0v) is 11.6. The zero-order chi connectivity index (χ0) is 15.6. The first-order chi connectivity index (χ1) is 9.88. The smallest absolute Gasteiger partial charge is 0.288 e. The molecule has 0 unspecified atom stereocenters. The summed E-state index contributed by atoms with van der Waals surface area (Å²) in [4.78, 5) is 22.1. The van der Waals surface area contributed by atoms with Crippen LogP contribution in [-0.4, -0.2) is 10.8 Å². The molecule has 21 heavy (non-hydrogen) atoms. The number of nitro benzene ring substituents is 1. The third-order valence-electron chi connectivity index (χ3n) is 2.84. The van der Waals surface area contributed by atoms with Crippen LogP contribution in [0.2, 0.25) is 5.02 Å². The molecule has 0 fully saturated rings. The van der Waals surface area contributed by atoms with Crippen LogP contribution in [0.25, 0.3) is 0 Å². The molecule has 0 atom stereocenters. The van der Waals surface area contributed by atoms with Gasteiger partial charge in [-0.1, -0.05) is 11.6 Å². The maximum absolute atomic E-state index is 13.0. The minimum Gasteiger partial charge on any atom is -0.322 e. The van der Waals surface area contributed by atoms with E-state index in [9.17, 15) is 19.3 Å². The number of carbonyl (C=O) groups is 1. The van der Waals surface area contributed by atoms with E-state index in [0.717, 1.165) is 0 Å².